The van der Waals surface area contributed by atoms with Crippen LogP contribution >= 0.6 is 11.8 Å². The second kappa shape index (κ2) is 7.15. The molecule has 0 saturated heterocycles. The molecule has 0 aromatic heterocycles. The first-order valence-corrected chi connectivity index (χ1v) is 7.60. The number of aliphatic carboxylic acids is 1. The predicted octanol–water partition coefficient (Wildman–Crippen LogP) is 4.04. The topological polar surface area (TPSA) is 37.3 Å². The maximum absolute atomic E-state index is 11.5. The van der Waals surface area contributed by atoms with Gasteiger partial charge < -0.3 is 5.11 Å². The number of carboxylic acid groups (broad SMARTS) is 1. The second-order valence-electron chi connectivity index (χ2n) is 4.58. The SMILES string of the molecule is CCc1ccccc1CC(Sc1ccccc1)C(=O)O. The van der Waals surface area contributed by atoms with E-state index in [9.17, 15) is 9.90 Å². The predicted molar refractivity (Wildman–Crippen MR) is 83.2 cm³/mol. The molecule has 104 valence electrons. The van der Waals surface area contributed by atoms with Gasteiger partial charge in [-0.2, -0.15) is 0 Å². The molecule has 0 aliphatic rings. The van der Waals surface area contributed by atoms with Crippen molar-refractivity contribution < 1.29 is 9.90 Å². The molecule has 0 aliphatic heterocycles. The summed E-state index contributed by atoms with van der Waals surface area (Å²) in [6.07, 6.45) is 1.48. The average molecular weight is 286 g/mol. The van der Waals surface area contributed by atoms with Crippen molar-refractivity contribution in [3.05, 3.63) is 65.7 Å². The maximum atomic E-state index is 11.5. The summed E-state index contributed by atoms with van der Waals surface area (Å²) in [4.78, 5) is 12.5. The van der Waals surface area contributed by atoms with Gasteiger partial charge in [0, 0.05) is 4.90 Å². The monoisotopic (exact) mass is 286 g/mol. The Labute approximate surface area is 123 Å². The largest absolute Gasteiger partial charge is 0.480 e. The lowest BCUT2D eigenvalue weighted by Gasteiger charge is -2.14. The van der Waals surface area contributed by atoms with Crippen molar-refractivity contribution in [1.82, 2.24) is 0 Å². The zero-order valence-electron chi connectivity index (χ0n) is 11.5. The molecule has 2 aromatic carbocycles. The first-order valence-electron chi connectivity index (χ1n) is 6.72. The van der Waals surface area contributed by atoms with Gasteiger partial charge in [-0.25, -0.2) is 0 Å². The standard InChI is InChI=1S/C17H18O2S/c1-2-13-8-6-7-9-14(13)12-16(17(18)19)20-15-10-4-3-5-11-15/h3-11,16H,2,12H2,1H3,(H,18,19). The van der Waals surface area contributed by atoms with Crippen molar-refractivity contribution >= 4 is 17.7 Å². The molecule has 0 saturated carbocycles. The Kier molecular flexibility index (Phi) is 5.24. The number of hydrogen-bond acceptors (Lipinski definition) is 2. The highest BCUT2D eigenvalue weighted by molar-refractivity contribution is 8.00. The fourth-order valence-corrected chi connectivity index (χ4v) is 3.15. The van der Waals surface area contributed by atoms with E-state index in [2.05, 4.69) is 13.0 Å². The van der Waals surface area contributed by atoms with Crippen LogP contribution in [0.25, 0.3) is 0 Å². The molecular formula is C17H18O2S. The summed E-state index contributed by atoms with van der Waals surface area (Å²) >= 11 is 1.41. The molecule has 0 aliphatic carbocycles. The summed E-state index contributed by atoms with van der Waals surface area (Å²) in [6, 6.07) is 17.8. The lowest BCUT2D eigenvalue weighted by atomic mass is 10.0. The fraction of sp³-hybridized carbons (Fsp3) is 0.235. The fourth-order valence-electron chi connectivity index (χ4n) is 2.14. The molecule has 1 atom stereocenters. The minimum Gasteiger partial charge on any atom is -0.480 e. The summed E-state index contributed by atoms with van der Waals surface area (Å²) in [5.74, 6) is -0.759. The molecule has 0 spiro atoms. The van der Waals surface area contributed by atoms with Crippen LogP contribution in [-0.2, 0) is 17.6 Å². The van der Waals surface area contributed by atoms with Gasteiger partial charge in [-0.1, -0.05) is 49.4 Å². The van der Waals surface area contributed by atoms with Gasteiger partial charge in [-0.15, -0.1) is 11.8 Å². The molecule has 3 heteroatoms. The van der Waals surface area contributed by atoms with Crippen LogP contribution in [0.3, 0.4) is 0 Å². The van der Waals surface area contributed by atoms with Crippen LogP contribution in [0, 0.1) is 0 Å². The lowest BCUT2D eigenvalue weighted by molar-refractivity contribution is -0.136. The molecule has 0 radical (unpaired) electrons. The summed E-state index contributed by atoms with van der Waals surface area (Å²) in [6.45, 7) is 2.10. The Balaban J connectivity index is 2.16. The molecule has 2 aromatic rings. The molecule has 1 N–H and O–H groups in total. The third-order valence-corrected chi connectivity index (χ3v) is 4.40. The third kappa shape index (κ3) is 3.87. The van der Waals surface area contributed by atoms with Crippen molar-refractivity contribution in [3.63, 3.8) is 0 Å². The Hall–Kier alpha value is -1.74. The molecule has 2 rings (SSSR count). The number of carboxylic acids is 1. The van der Waals surface area contributed by atoms with Gasteiger partial charge in [-0.3, -0.25) is 4.79 Å². The molecule has 1 unspecified atom stereocenters. The van der Waals surface area contributed by atoms with Gasteiger partial charge in [0.15, 0.2) is 0 Å². The Morgan fingerprint density at radius 3 is 2.25 bits per heavy atom. The third-order valence-electron chi connectivity index (χ3n) is 3.20. The van der Waals surface area contributed by atoms with E-state index in [4.69, 9.17) is 0 Å². The van der Waals surface area contributed by atoms with E-state index in [-0.39, 0.29) is 0 Å². The zero-order chi connectivity index (χ0) is 14.4. The van der Waals surface area contributed by atoms with Crippen molar-refractivity contribution in [2.75, 3.05) is 0 Å². The molecule has 20 heavy (non-hydrogen) atoms. The van der Waals surface area contributed by atoms with Crippen LogP contribution in [0.5, 0.6) is 0 Å². The molecule has 0 bridgehead atoms. The van der Waals surface area contributed by atoms with E-state index >= 15 is 0 Å². The summed E-state index contributed by atoms with van der Waals surface area (Å²) in [7, 11) is 0. The van der Waals surface area contributed by atoms with Crippen molar-refractivity contribution in [3.8, 4) is 0 Å². The Morgan fingerprint density at radius 1 is 1.05 bits per heavy atom. The average Bonchev–Trinajstić information content (AvgIpc) is 2.48. The summed E-state index contributed by atoms with van der Waals surface area (Å²) in [5.41, 5.74) is 2.36. The smallest absolute Gasteiger partial charge is 0.317 e. The number of rotatable bonds is 6. The number of hydrogen-bond donors (Lipinski definition) is 1. The van der Waals surface area contributed by atoms with E-state index in [1.54, 1.807) is 0 Å². The normalized spacial score (nSPS) is 12.1. The first kappa shape index (κ1) is 14.7. The van der Waals surface area contributed by atoms with Crippen LogP contribution < -0.4 is 0 Å². The zero-order valence-corrected chi connectivity index (χ0v) is 12.3. The van der Waals surface area contributed by atoms with Gasteiger partial charge in [0.1, 0.15) is 5.25 Å². The second-order valence-corrected chi connectivity index (χ2v) is 5.86. The number of carbonyl (C=O) groups is 1. The number of aryl methyl sites for hydroxylation is 1. The van der Waals surface area contributed by atoms with Gasteiger partial charge in [0.25, 0.3) is 0 Å². The summed E-state index contributed by atoms with van der Waals surface area (Å²) in [5, 5.41) is 8.99. The van der Waals surface area contributed by atoms with Crippen molar-refractivity contribution in [1.29, 1.82) is 0 Å². The molecule has 0 heterocycles. The molecule has 0 amide bonds. The molecule has 0 fully saturated rings. The van der Waals surface area contributed by atoms with Crippen LogP contribution in [0.4, 0.5) is 0 Å². The van der Waals surface area contributed by atoms with Gasteiger partial charge in [0.05, 0.1) is 0 Å². The van der Waals surface area contributed by atoms with E-state index in [1.807, 2.05) is 48.5 Å². The molecule has 2 nitrogen and oxygen atoms in total. The van der Waals surface area contributed by atoms with Crippen LogP contribution in [-0.4, -0.2) is 16.3 Å². The van der Waals surface area contributed by atoms with E-state index in [0.29, 0.717) is 6.42 Å². The number of benzene rings is 2. The lowest BCUT2D eigenvalue weighted by Crippen LogP contribution is -2.19. The van der Waals surface area contributed by atoms with Crippen LogP contribution in [0.1, 0.15) is 18.1 Å². The minimum atomic E-state index is -0.759. The van der Waals surface area contributed by atoms with E-state index in [0.717, 1.165) is 16.9 Å². The minimum absolute atomic E-state index is 0.454. The first-order chi connectivity index (χ1) is 9.70. The van der Waals surface area contributed by atoms with E-state index < -0.39 is 11.2 Å². The van der Waals surface area contributed by atoms with Crippen LogP contribution in [0.15, 0.2) is 59.5 Å². The van der Waals surface area contributed by atoms with Crippen molar-refractivity contribution in [2.24, 2.45) is 0 Å². The van der Waals surface area contributed by atoms with E-state index in [1.165, 1.54) is 17.3 Å². The number of thioether (sulfide) groups is 1. The molecular weight excluding hydrogens is 268 g/mol. The van der Waals surface area contributed by atoms with Gasteiger partial charge in [-0.05, 0) is 36.1 Å². The Bertz CT molecular complexity index is 566. The van der Waals surface area contributed by atoms with Gasteiger partial charge >= 0.3 is 5.97 Å². The van der Waals surface area contributed by atoms with Crippen molar-refractivity contribution in [2.45, 2.75) is 29.9 Å². The highest BCUT2D eigenvalue weighted by Crippen LogP contribution is 2.27. The Morgan fingerprint density at radius 2 is 1.65 bits per heavy atom. The highest BCUT2D eigenvalue weighted by atomic mass is 32.2. The highest BCUT2D eigenvalue weighted by Gasteiger charge is 2.20. The van der Waals surface area contributed by atoms with Crippen LogP contribution in [0.2, 0.25) is 0 Å². The quantitative estimate of drug-likeness (QED) is 0.814. The van der Waals surface area contributed by atoms with Gasteiger partial charge in [0.2, 0.25) is 0 Å². The maximum Gasteiger partial charge on any atom is 0.317 e. The summed E-state index contributed by atoms with van der Waals surface area (Å²) < 4.78 is 0.